The number of carbonyl (C=O) groups excluding carboxylic acids is 3. The van der Waals surface area contributed by atoms with E-state index in [1.165, 1.54) is 6.08 Å². The Kier molecular flexibility index (Phi) is 10.1. The molecule has 0 unspecified atom stereocenters. The topological polar surface area (TPSA) is 78.9 Å². The van der Waals surface area contributed by atoms with Crippen molar-refractivity contribution in [2.24, 2.45) is 10.8 Å². The normalized spacial score (nSPS) is 12.2. The van der Waals surface area contributed by atoms with Gasteiger partial charge in [-0.3, -0.25) is 14.4 Å². The molecule has 39 heavy (non-hydrogen) atoms. The third kappa shape index (κ3) is 8.67. The number of ether oxygens (including phenoxy) is 3. The fourth-order valence-corrected chi connectivity index (χ4v) is 3.21. The van der Waals surface area contributed by atoms with Crippen LogP contribution in [0.2, 0.25) is 0 Å². The molecule has 0 bridgehead atoms. The van der Waals surface area contributed by atoms with Crippen molar-refractivity contribution >= 4 is 23.8 Å². The molecule has 0 N–H and O–H groups in total. The van der Waals surface area contributed by atoms with E-state index in [2.05, 4.69) is 6.58 Å². The van der Waals surface area contributed by atoms with Crippen LogP contribution in [0.15, 0.2) is 55.1 Å². The van der Waals surface area contributed by atoms with E-state index in [9.17, 15) is 14.4 Å². The summed E-state index contributed by atoms with van der Waals surface area (Å²) in [6.45, 7) is 21.1. The zero-order valence-corrected chi connectivity index (χ0v) is 24.8. The standard InChI is InChI=1S/C33H42O6/c1-11-19-37-27-21-28(39-30(36)32(6,7)8)25(33(9,10)12-2)20-23(27)15-18-26(34)22-13-16-24(17-14-22)38-29(35)31(3,4)5/h12-18,20-21H,2,11,19H2,1,3-10H3. The molecule has 2 aromatic rings. The molecule has 0 spiro atoms. The first-order valence-electron chi connectivity index (χ1n) is 13.2. The SMILES string of the molecule is C=CC(C)(C)c1cc(C=CC(=O)c2ccc(OC(=O)C(C)(C)C)cc2)c(OCCC)cc1OC(=O)C(C)(C)C. The summed E-state index contributed by atoms with van der Waals surface area (Å²) in [4.78, 5) is 37.8. The quantitative estimate of drug-likeness (QED) is 0.102. The van der Waals surface area contributed by atoms with Gasteiger partial charge in [0.2, 0.25) is 0 Å². The molecule has 0 amide bonds. The second kappa shape index (κ2) is 12.5. The highest BCUT2D eigenvalue weighted by molar-refractivity contribution is 6.07. The van der Waals surface area contributed by atoms with E-state index >= 15 is 0 Å². The van der Waals surface area contributed by atoms with Gasteiger partial charge in [0, 0.05) is 28.2 Å². The number of benzene rings is 2. The van der Waals surface area contributed by atoms with Gasteiger partial charge in [-0.15, -0.1) is 6.58 Å². The van der Waals surface area contributed by atoms with Crippen molar-refractivity contribution in [3.8, 4) is 17.2 Å². The minimum Gasteiger partial charge on any atom is -0.493 e. The Morgan fingerprint density at radius 1 is 0.821 bits per heavy atom. The first kappa shape index (κ1) is 31.5. The molecule has 0 aliphatic heterocycles. The number of carbonyl (C=O) groups is 3. The fourth-order valence-electron chi connectivity index (χ4n) is 3.21. The van der Waals surface area contributed by atoms with Crippen molar-refractivity contribution in [1.82, 2.24) is 0 Å². The van der Waals surface area contributed by atoms with Crippen LogP contribution in [-0.4, -0.2) is 24.3 Å². The molecule has 210 valence electrons. The fraction of sp³-hybridized carbons (Fsp3) is 0.424. The Bertz CT molecular complexity index is 1230. The summed E-state index contributed by atoms with van der Waals surface area (Å²) in [5.74, 6) is 0.344. The summed E-state index contributed by atoms with van der Waals surface area (Å²) >= 11 is 0. The predicted molar refractivity (Wildman–Crippen MR) is 155 cm³/mol. The zero-order chi connectivity index (χ0) is 29.6. The van der Waals surface area contributed by atoms with Gasteiger partial charge in [0.1, 0.15) is 17.2 Å². The second-order valence-electron chi connectivity index (χ2n) is 12.2. The lowest BCUT2D eigenvalue weighted by molar-refractivity contribution is -0.143. The molecule has 0 aliphatic carbocycles. The Morgan fingerprint density at radius 3 is 1.90 bits per heavy atom. The van der Waals surface area contributed by atoms with Crippen molar-refractivity contribution < 1.29 is 28.6 Å². The third-order valence-corrected chi connectivity index (χ3v) is 5.97. The average molecular weight is 535 g/mol. The van der Waals surface area contributed by atoms with E-state index < -0.39 is 16.2 Å². The maximum atomic E-state index is 13.0. The number of rotatable bonds is 10. The molecule has 2 rings (SSSR count). The van der Waals surface area contributed by atoms with E-state index in [-0.39, 0.29) is 17.7 Å². The van der Waals surface area contributed by atoms with Gasteiger partial charge in [-0.25, -0.2) is 0 Å². The second-order valence-corrected chi connectivity index (χ2v) is 12.2. The molecule has 6 heteroatoms. The highest BCUT2D eigenvalue weighted by Crippen LogP contribution is 2.39. The lowest BCUT2D eigenvalue weighted by Gasteiger charge is -2.26. The molecule has 0 heterocycles. The summed E-state index contributed by atoms with van der Waals surface area (Å²) in [7, 11) is 0. The third-order valence-electron chi connectivity index (χ3n) is 5.97. The Morgan fingerprint density at radius 2 is 1.38 bits per heavy atom. The summed E-state index contributed by atoms with van der Waals surface area (Å²) < 4.78 is 17.2. The molecule has 0 fully saturated rings. The van der Waals surface area contributed by atoms with Gasteiger partial charge < -0.3 is 14.2 Å². The Balaban J connectivity index is 2.45. The minimum atomic E-state index is -0.689. The van der Waals surface area contributed by atoms with E-state index in [4.69, 9.17) is 14.2 Å². The van der Waals surface area contributed by atoms with E-state index in [1.54, 1.807) is 84.0 Å². The van der Waals surface area contributed by atoms with Gasteiger partial charge >= 0.3 is 11.9 Å². The zero-order valence-electron chi connectivity index (χ0n) is 24.8. The van der Waals surface area contributed by atoms with Crippen molar-refractivity contribution in [3.63, 3.8) is 0 Å². The van der Waals surface area contributed by atoms with Gasteiger partial charge in [-0.05, 0) is 90.4 Å². The smallest absolute Gasteiger partial charge is 0.316 e. The monoisotopic (exact) mass is 534 g/mol. The molecule has 0 saturated carbocycles. The average Bonchev–Trinajstić information content (AvgIpc) is 2.85. The summed E-state index contributed by atoms with van der Waals surface area (Å²) in [5.41, 5.74) is 0.0216. The number of hydrogen-bond donors (Lipinski definition) is 0. The van der Waals surface area contributed by atoms with Crippen LogP contribution >= 0.6 is 0 Å². The van der Waals surface area contributed by atoms with Gasteiger partial charge in [0.05, 0.1) is 17.4 Å². The largest absolute Gasteiger partial charge is 0.493 e. The molecule has 0 aromatic heterocycles. The summed E-state index contributed by atoms with van der Waals surface area (Å²) in [6.07, 6.45) is 5.73. The molecule has 0 atom stereocenters. The highest BCUT2D eigenvalue weighted by atomic mass is 16.5. The highest BCUT2D eigenvalue weighted by Gasteiger charge is 2.29. The summed E-state index contributed by atoms with van der Waals surface area (Å²) in [6, 6.07) is 10.0. The van der Waals surface area contributed by atoms with Crippen LogP contribution in [0.3, 0.4) is 0 Å². The van der Waals surface area contributed by atoms with Gasteiger partial charge in [-0.2, -0.15) is 0 Å². The minimum absolute atomic E-state index is 0.224. The number of ketones is 1. The van der Waals surface area contributed by atoms with Crippen LogP contribution in [0.5, 0.6) is 17.2 Å². The van der Waals surface area contributed by atoms with Crippen molar-refractivity contribution in [2.45, 2.75) is 74.1 Å². The van der Waals surface area contributed by atoms with Crippen molar-refractivity contribution in [3.05, 3.63) is 71.8 Å². The van der Waals surface area contributed by atoms with Gasteiger partial charge in [-0.1, -0.05) is 26.8 Å². The van der Waals surface area contributed by atoms with E-state index in [0.29, 0.717) is 35.0 Å². The van der Waals surface area contributed by atoms with Crippen LogP contribution in [0.25, 0.3) is 6.08 Å². The molecule has 0 radical (unpaired) electrons. The first-order chi connectivity index (χ1) is 18.0. The van der Waals surface area contributed by atoms with Gasteiger partial charge in [0.15, 0.2) is 5.78 Å². The molecule has 6 nitrogen and oxygen atoms in total. The predicted octanol–water partition coefficient (Wildman–Crippen LogP) is 7.74. The number of allylic oxidation sites excluding steroid dienone is 2. The maximum Gasteiger partial charge on any atom is 0.316 e. The lowest BCUT2D eigenvalue weighted by atomic mass is 9.83. The van der Waals surface area contributed by atoms with Crippen LogP contribution < -0.4 is 14.2 Å². The Hall–Kier alpha value is -3.67. The molecular weight excluding hydrogens is 492 g/mol. The van der Waals surface area contributed by atoms with Crippen LogP contribution in [0, 0.1) is 10.8 Å². The molecule has 0 aliphatic rings. The lowest BCUT2D eigenvalue weighted by Crippen LogP contribution is -2.27. The van der Waals surface area contributed by atoms with Crippen LogP contribution in [0.1, 0.15) is 90.2 Å². The van der Waals surface area contributed by atoms with Gasteiger partial charge in [0.25, 0.3) is 0 Å². The number of hydrogen-bond acceptors (Lipinski definition) is 6. The number of esters is 2. The Labute approximate surface area is 233 Å². The van der Waals surface area contributed by atoms with E-state index in [0.717, 1.165) is 12.0 Å². The van der Waals surface area contributed by atoms with Crippen LogP contribution in [0.4, 0.5) is 0 Å². The van der Waals surface area contributed by atoms with Crippen LogP contribution in [-0.2, 0) is 15.0 Å². The molecular formula is C33H42O6. The van der Waals surface area contributed by atoms with Crippen molar-refractivity contribution in [1.29, 1.82) is 0 Å². The molecule has 0 saturated heterocycles. The summed E-state index contributed by atoms with van der Waals surface area (Å²) in [5, 5.41) is 0. The van der Waals surface area contributed by atoms with Crippen molar-refractivity contribution in [2.75, 3.05) is 6.61 Å². The van der Waals surface area contributed by atoms with E-state index in [1.807, 2.05) is 26.8 Å². The molecule has 2 aromatic carbocycles. The maximum absolute atomic E-state index is 13.0. The first-order valence-corrected chi connectivity index (χ1v) is 13.2.